The number of hydrogen-bond donors (Lipinski definition) is 2. The van der Waals surface area contributed by atoms with Gasteiger partial charge in [0.1, 0.15) is 11.3 Å². The van der Waals surface area contributed by atoms with Crippen molar-refractivity contribution in [1.82, 2.24) is 35.1 Å². The summed E-state index contributed by atoms with van der Waals surface area (Å²) in [5.74, 6) is 0.612. The first-order valence-corrected chi connectivity index (χ1v) is 14.8. The highest BCUT2D eigenvalue weighted by Crippen LogP contribution is 2.37. The minimum atomic E-state index is -4.52. The summed E-state index contributed by atoms with van der Waals surface area (Å²) in [5, 5.41) is 15.1. The molecule has 1 saturated carbocycles. The maximum Gasteiger partial charge on any atom is 0.433 e. The number of nitrogens with one attached hydrogen (secondary N) is 1. The SMILES string of the molecule is O=C(C1CCN(c2nccc(C(F)(F)F)n2)CC1)N1CC[C@H](NC2CCC(O)(c3ccc(-c4ncccn4)cn3)CC2)C1. The molecule has 2 N–H and O–H groups in total. The summed E-state index contributed by atoms with van der Waals surface area (Å²) < 4.78 is 39.1. The van der Waals surface area contributed by atoms with E-state index in [1.807, 2.05) is 17.0 Å². The normalized spacial score (nSPS) is 25.2. The van der Waals surface area contributed by atoms with Crippen molar-refractivity contribution in [2.75, 3.05) is 31.1 Å². The molecule has 0 unspecified atom stereocenters. The Morgan fingerprint density at radius 2 is 1.65 bits per heavy atom. The molecule has 1 atom stereocenters. The minimum Gasteiger partial charge on any atom is -0.384 e. The van der Waals surface area contributed by atoms with Crippen LogP contribution >= 0.6 is 0 Å². The fourth-order valence-corrected chi connectivity index (χ4v) is 6.44. The zero-order valence-electron chi connectivity index (χ0n) is 23.7. The first-order chi connectivity index (χ1) is 20.7. The number of halogens is 3. The van der Waals surface area contributed by atoms with Crippen molar-refractivity contribution in [3.05, 3.63) is 60.4 Å². The highest BCUT2D eigenvalue weighted by Gasteiger charge is 2.39. The maximum atomic E-state index is 13.3. The first kappa shape index (κ1) is 29.4. The van der Waals surface area contributed by atoms with Gasteiger partial charge in [-0.15, -0.1) is 0 Å². The molecule has 6 rings (SSSR count). The number of nitrogens with zero attached hydrogens (tertiary/aromatic N) is 7. The van der Waals surface area contributed by atoms with Gasteiger partial charge in [0.05, 0.1) is 5.69 Å². The molecule has 10 nitrogen and oxygen atoms in total. The Hall–Kier alpha value is -3.71. The van der Waals surface area contributed by atoms with E-state index < -0.39 is 17.5 Å². The van der Waals surface area contributed by atoms with E-state index in [0.717, 1.165) is 37.1 Å². The van der Waals surface area contributed by atoms with Crippen LogP contribution in [0.1, 0.15) is 56.3 Å². The molecule has 0 bridgehead atoms. The summed E-state index contributed by atoms with van der Waals surface area (Å²) in [7, 11) is 0. The summed E-state index contributed by atoms with van der Waals surface area (Å²) in [6.45, 7) is 2.21. The zero-order valence-corrected chi connectivity index (χ0v) is 23.7. The standard InChI is InChI=1S/C30H35F3N8O2/c31-30(32,33)25-6-14-36-28(39-25)40-15-7-20(8-16-40)27(42)41-17-9-23(19-41)38-22-4-10-29(43,11-5-22)24-3-2-21(18-37-24)26-34-12-1-13-35-26/h1-3,6,12-14,18,20,22-23,38,43H,4-5,7-11,15-17,19H2/t22?,23-,29?/m0/s1. The number of aliphatic hydroxyl groups is 1. The third-order valence-electron chi connectivity index (χ3n) is 8.91. The molecule has 3 fully saturated rings. The van der Waals surface area contributed by atoms with Crippen molar-refractivity contribution < 1.29 is 23.1 Å². The number of hydrogen-bond acceptors (Lipinski definition) is 9. The molecule has 1 amide bonds. The number of likely N-dealkylation sites (tertiary alicyclic amines) is 1. The quantitative estimate of drug-likeness (QED) is 0.440. The Morgan fingerprint density at radius 1 is 0.907 bits per heavy atom. The van der Waals surface area contributed by atoms with E-state index in [2.05, 4.69) is 30.2 Å². The summed E-state index contributed by atoms with van der Waals surface area (Å²) in [6.07, 6.45) is 6.48. The average molecular weight is 597 g/mol. The Morgan fingerprint density at radius 3 is 2.33 bits per heavy atom. The lowest BCUT2D eigenvalue weighted by molar-refractivity contribution is -0.141. The lowest BCUT2D eigenvalue weighted by Crippen LogP contribution is -2.46. The minimum absolute atomic E-state index is 0.0557. The van der Waals surface area contributed by atoms with Crippen molar-refractivity contribution in [1.29, 1.82) is 0 Å². The van der Waals surface area contributed by atoms with E-state index in [0.29, 0.717) is 63.4 Å². The largest absolute Gasteiger partial charge is 0.433 e. The van der Waals surface area contributed by atoms with Gasteiger partial charge in [0.15, 0.2) is 5.82 Å². The molecule has 13 heteroatoms. The number of alkyl halides is 3. The molecule has 3 aromatic rings. The Labute approximate surface area is 247 Å². The van der Waals surface area contributed by atoms with Crippen molar-refractivity contribution >= 4 is 11.9 Å². The summed E-state index contributed by atoms with van der Waals surface area (Å²) in [4.78, 5) is 37.7. The lowest BCUT2D eigenvalue weighted by Gasteiger charge is -2.37. The van der Waals surface area contributed by atoms with Gasteiger partial charge < -0.3 is 20.2 Å². The number of pyridine rings is 1. The predicted octanol–water partition coefficient (Wildman–Crippen LogP) is 3.58. The Kier molecular flexibility index (Phi) is 8.27. The van der Waals surface area contributed by atoms with Gasteiger partial charge in [0.2, 0.25) is 11.9 Å². The zero-order chi connectivity index (χ0) is 30.0. The molecular formula is C30H35F3N8O2. The molecule has 228 valence electrons. The molecule has 1 aliphatic carbocycles. The summed E-state index contributed by atoms with van der Waals surface area (Å²) in [5.41, 5.74) is -0.466. The third-order valence-corrected chi connectivity index (χ3v) is 8.91. The van der Waals surface area contributed by atoms with Crippen LogP contribution in [-0.4, -0.2) is 79.1 Å². The van der Waals surface area contributed by atoms with Crippen LogP contribution in [0.15, 0.2) is 49.1 Å². The smallest absolute Gasteiger partial charge is 0.384 e. The fourth-order valence-electron chi connectivity index (χ4n) is 6.44. The van der Waals surface area contributed by atoms with Gasteiger partial charge in [0.25, 0.3) is 0 Å². The van der Waals surface area contributed by atoms with Crippen molar-refractivity contribution in [3.63, 3.8) is 0 Å². The second-order valence-electron chi connectivity index (χ2n) is 11.7. The van der Waals surface area contributed by atoms with Gasteiger partial charge in [-0.1, -0.05) is 0 Å². The van der Waals surface area contributed by atoms with Crippen molar-refractivity contribution in [3.8, 4) is 11.4 Å². The van der Waals surface area contributed by atoms with Crippen LogP contribution in [0.4, 0.5) is 19.1 Å². The summed E-state index contributed by atoms with van der Waals surface area (Å²) in [6, 6.07) is 6.83. The molecule has 0 aromatic carbocycles. The van der Waals surface area contributed by atoms with E-state index in [1.165, 1.54) is 0 Å². The molecule has 2 aliphatic heterocycles. The second-order valence-corrected chi connectivity index (χ2v) is 11.7. The van der Waals surface area contributed by atoms with Gasteiger partial charge in [-0.25, -0.2) is 19.9 Å². The van der Waals surface area contributed by atoms with E-state index in [-0.39, 0.29) is 29.9 Å². The summed E-state index contributed by atoms with van der Waals surface area (Å²) >= 11 is 0. The molecule has 0 radical (unpaired) electrons. The molecular weight excluding hydrogens is 561 g/mol. The molecule has 0 spiro atoms. The molecule has 2 saturated heterocycles. The van der Waals surface area contributed by atoms with E-state index >= 15 is 0 Å². The van der Waals surface area contributed by atoms with Gasteiger partial charge in [-0.3, -0.25) is 9.78 Å². The molecule has 3 aliphatic rings. The molecule has 3 aromatic heterocycles. The Bertz CT molecular complexity index is 1390. The number of rotatable bonds is 6. The van der Waals surface area contributed by atoms with Crippen LogP contribution < -0.4 is 10.2 Å². The van der Waals surface area contributed by atoms with Gasteiger partial charge in [-0.2, -0.15) is 13.2 Å². The second kappa shape index (κ2) is 12.1. The van der Waals surface area contributed by atoms with Crippen molar-refractivity contribution in [2.24, 2.45) is 5.92 Å². The van der Waals surface area contributed by atoms with E-state index in [9.17, 15) is 23.1 Å². The van der Waals surface area contributed by atoms with E-state index in [4.69, 9.17) is 0 Å². The van der Waals surface area contributed by atoms with Crippen LogP contribution in [0, 0.1) is 5.92 Å². The van der Waals surface area contributed by atoms with Crippen LogP contribution in [0.2, 0.25) is 0 Å². The monoisotopic (exact) mass is 596 g/mol. The number of aromatic nitrogens is 5. The maximum absolute atomic E-state index is 13.3. The highest BCUT2D eigenvalue weighted by molar-refractivity contribution is 5.79. The van der Waals surface area contributed by atoms with Crippen LogP contribution in [0.25, 0.3) is 11.4 Å². The topological polar surface area (TPSA) is 120 Å². The number of anilines is 1. The molecule has 43 heavy (non-hydrogen) atoms. The number of carbonyl (C=O) groups excluding carboxylic acids is 1. The van der Waals surface area contributed by atoms with Crippen LogP contribution in [-0.2, 0) is 16.6 Å². The number of amides is 1. The van der Waals surface area contributed by atoms with E-state index in [1.54, 1.807) is 29.6 Å². The van der Waals surface area contributed by atoms with Crippen LogP contribution in [0.3, 0.4) is 0 Å². The number of piperidine rings is 1. The predicted molar refractivity (Wildman–Crippen MR) is 152 cm³/mol. The van der Waals surface area contributed by atoms with Gasteiger partial charge in [0, 0.05) is 74.5 Å². The van der Waals surface area contributed by atoms with Crippen LogP contribution in [0.5, 0.6) is 0 Å². The number of carbonyl (C=O) groups is 1. The Balaban J connectivity index is 0.955. The fraction of sp³-hybridized carbons (Fsp3) is 0.533. The first-order valence-electron chi connectivity index (χ1n) is 14.8. The molecule has 5 heterocycles. The van der Waals surface area contributed by atoms with Gasteiger partial charge >= 0.3 is 6.18 Å². The third kappa shape index (κ3) is 6.62. The average Bonchev–Trinajstić information content (AvgIpc) is 3.51. The highest BCUT2D eigenvalue weighted by atomic mass is 19.4. The van der Waals surface area contributed by atoms with Crippen molar-refractivity contribution in [2.45, 2.75) is 68.8 Å². The lowest BCUT2D eigenvalue weighted by atomic mass is 9.79. The van der Waals surface area contributed by atoms with Gasteiger partial charge in [-0.05, 0) is 69.2 Å².